The van der Waals surface area contributed by atoms with E-state index in [1.54, 1.807) is 6.20 Å². The molecule has 1 saturated heterocycles. The molecule has 1 aromatic rings. The van der Waals surface area contributed by atoms with Crippen molar-refractivity contribution in [3.8, 4) is 0 Å². The highest BCUT2D eigenvalue weighted by atomic mass is 19.1. The average molecular weight is 238 g/mol. The van der Waals surface area contributed by atoms with Gasteiger partial charge in [0.2, 0.25) is 0 Å². The smallest absolute Gasteiger partial charge is 0.151 e. The Kier molecular flexibility index (Phi) is 4.14. The van der Waals surface area contributed by atoms with Crippen molar-refractivity contribution in [1.29, 1.82) is 0 Å². The standard InChI is InChI=1S/C12H19FN4/c13-4-2-6-16-7-9-17(10-8-16)12-11(14)3-1-5-15-12/h1,3,5H,2,4,6-10,14H2. The van der Waals surface area contributed by atoms with Gasteiger partial charge < -0.3 is 10.6 Å². The summed E-state index contributed by atoms with van der Waals surface area (Å²) in [6.45, 7) is 4.35. The van der Waals surface area contributed by atoms with Crippen LogP contribution in [-0.4, -0.2) is 49.3 Å². The van der Waals surface area contributed by atoms with Gasteiger partial charge in [-0.3, -0.25) is 9.29 Å². The molecule has 0 saturated carbocycles. The number of alkyl halides is 1. The van der Waals surface area contributed by atoms with Crippen molar-refractivity contribution in [3.05, 3.63) is 18.3 Å². The Morgan fingerprint density at radius 1 is 1.29 bits per heavy atom. The number of aromatic nitrogens is 1. The second-order valence-electron chi connectivity index (χ2n) is 4.29. The van der Waals surface area contributed by atoms with Gasteiger partial charge in [0.05, 0.1) is 12.4 Å². The molecule has 0 atom stereocenters. The summed E-state index contributed by atoms with van der Waals surface area (Å²) in [5, 5.41) is 0. The number of rotatable bonds is 4. The molecule has 0 aliphatic carbocycles. The lowest BCUT2D eigenvalue weighted by atomic mass is 10.2. The van der Waals surface area contributed by atoms with Gasteiger partial charge in [0, 0.05) is 38.9 Å². The number of nitrogens with two attached hydrogens (primary N) is 1. The summed E-state index contributed by atoms with van der Waals surface area (Å²) >= 11 is 0. The zero-order valence-corrected chi connectivity index (χ0v) is 9.98. The van der Waals surface area contributed by atoms with Crippen LogP contribution in [-0.2, 0) is 0 Å². The Bertz CT molecular complexity index is 350. The van der Waals surface area contributed by atoms with E-state index in [0.717, 1.165) is 44.2 Å². The highest BCUT2D eigenvalue weighted by Gasteiger charge is 2.18. The van der Waals surface area contributed by atoms with Crippen LogP contribution in [0.15, 0.2) is 18.3 Å². The molecule has 1 aliphatic heterocycles. The Morgan fingerprint density at radius 3 is 2.71 bits per heavy atom. The maximum absolute atomic E-state index is 12.1. The van der Waals surface area contributed by atoms with Crippen molar-refractivity contribution in [2.24, 2.45) is 0 Å². The molecule has 0 amide bonds. The van der Waals surface area contributed by atoms with Gasteiger partial charge in [-0.25, -0.2) is 4.98 Å². The minimum absolute atomic E-state index is 0.229. The maximum atomic E-state index is 12.1. The predicted molar refractivity (Wildman–Crippen MR) is 67.9 cm³/mol. The monoisotopic (exact) mass is 238 g/mol. The van der Waals surface area contributed by atoms with E-state index < -0.39 is 0 Å². The molecule has 2 rings (SSSR count). The number of hydrogen-bond donors (Lipinski definition) is 1. The number of anilines is 2. The lowest BCUT2D eigenvalue weighted by Gasteiger charge is -2.35. The summed E-state index contributed by atoms with van der Waals surface area (Å²) in [6, 6.07) is 3.72. The molecular weight excluding hydrogens is 219 g/mol. The third kappa shape index (κ3) is 3.06. The molecule has 0 aromatic carbocycles. The molecule has 0 unspecified atom stereocenters. The molecule has 1 aromatic heterocycles. The van der Waals surface area contributed by atoms with Crippen molar-refractivity contribution in [3.63, 3.8) is 0 Å². The molecule has 94 valence electrons. The van der Waals surface area contributed by atoms with E-state index in [9.17, 15) is 4.39 Å². The minimum atomic E-state index is -0.229. The largest absolute Gasteiger partial charge is 0.396 e. The third-order valence-corrected chi connectivity index (χ3v) is 3.10. The first-order valence-electron chi connectivity index (χ1n) is 6.05. The molecule has 0 radical (unpaired) electrons. The van der Waals surface area contributed by atoms with Gasteiger partial charge in [0.15, 0.2) is 5.82 Å². The van der Waals surface area contributed by atoms with Crippen LogP contribution in [0, 0.1) is 0 Å². The van der Waals surface area contributed by atoms with Crippen LogP contribution in [0.2, 0.25) is 0 Å². The number of nitrogen functional groups attached to an aromatic ring is 1. The van der Waals surface area contributed by atoms with Crippen molar-refractivity contribution < 1.29 is 4.39 Å². The number of piperazine rings is 1. The van der Waals surface area contributed by atoms with Crippen LogP contribution in [0.3, 0.4) is 0 Å². The molecule has 17 heavy (non-hydrogen) atoms. The summed E-state index contributed by atoms with van der Waals surface area (Å²) in [5.41, 5.74) is 6.63. The normalized spacial score (nSPS) is 17.4. The molecule has 4 nitrogen and oxygen atoms in total. The maximum Gasteiger partial charge on any atom is 0.151 e. The molecule has 0 bridgehead atoms. The lowest BCUT2D eigenvalue weighted by molar-refractivity contribution is 0.245. The van der Waals surface area contributed by atoms with Gasteiger partial charge in [0.1, 0.15) is 0 Å². The first kappa shape index (κ1) is 12.1. The van der Waals surface area contributed by atoms with Crippen LogP contribution in [0.25, 0.3) is 0 Å². The molecule has 0 spiro atoms. The van der Waals surface area contributed by atoms with Crippen LogP contribution < -0.4 is 10.6 Å². The zero-order chi connectivity index (χ0) is 12.1. The van der Waals surface area contributed by atoms with Crippen molar-refractivity contribution in [2.45, 2.75) is 6.42 Å². The van der Waals surface area contributed by atoms with E-state index in [1.165, 1.54) is 0 Å². The van der Waals surface area contributed by atoms with Crippen molar-refractivity contribution >= 4 is 11.5 Å². The van der Waals surface area contributed by atoms with E-state index in [4.69, 9.17) is 5.73 Å². The van der Waals surface area contributed by atoms with E-state index in [0.29, 0.717) is 6.42 Å². The van der Waals surface area contributed by atoms with Crippen molar-refractivity contribution in [2.75, 3.05) is 50.0 Å². The summed E-state index contributed by atoms with van der Waals surface area (Å²) in [7, 11) is 0. The second kappa shape index (κ2) is 5.82. The van der Waals surface area contributed by atoms with E-state index in [-0.39, 0.29) is 6.67 Å². The van der Waals surface area contributed by atoms with Crippen LogP contribution >= 0.6 is 0 Å². The average Bonchev–Trinajstić information content (AvgIpc) is 2.38. The number of pyridine rings is 1. The zero-order valence-electron chi connectivity index (χ0n) is 9.98. The van der Waals surface area contributed by atoms with E-state index in [1.807, 2.05) is 12.1 Å². The van der Waals surface area contributed by atoms with Crippen LogP contribution in [0.4, 0.5) is 15.9 Å². The van der Waals surface area contributed by atoms with Gasteiger partial charge in [-0.2, -0.15) is 0 Å². The third-order valence-electron chi connectivity index (χ3n) is 3.10. The number of halogens is 1. The fourth-order valence-electron chi connectivity index (χ4n) is 2.14. The highest BCUT2D eigenvalue weighted by molar-refractivity contribution is 5.62. The van der Waals surface area contributed by atoms with Gasteiger partial charge in [0.25, 0.3) is 0 Å². The molecule has 2 N–H and O–H groups in total. The molecule has 2 heterocycles. The van der Waals surface area contributed by atoms with Crippen LogP contribution in [0.1, 0.15) is 6.42 Å². The summed E-state index contributed by atoms with van der Waals surface area (Å²) < 4.78 is 12.1. The molecule has 1 aliphatic rings. The lowest BCUT2D eigenvalue weighted by Crippen LogP contribution is -2.47. The highest BCUT2D eigenvalue weighted by Crippen LogP contribution is 2.20. The minimum Gasteiger partial charge on any atom is -0.396 e. The second-order valence-corrected chi connectivity index (χ2v) is 4.29. The first-order valence-corrected chi connectivity index (χ1v) is 6.05. The van der Waals surface area contributed by atoms with E-state index in [2.05, 4.69) is 14.8 Å². The summed E-state index contributed by atoms with van der Waals surface area (Å²) in [5.74, 6) is 0.873. The fourth-order valence-corrected chi connectivity index (χ4v) is 2.14. The Balaban J connectivity index is 1.89. The van der Waals surface area contributed by atoms with Gasteiger partial charge >= 0.3 is 0 Å². The topological polar surface area (TPSA) is 45.4 Å². The Labute approximate surface area is 101 Å². The summed E-state index contributed by atoms with van der Waals surface area (Å²) in [4.78, 5) is 8.79. The SMILES string of the molecule is Nc1cccnc1N1CCN(CCCF)CC1. The molecule has 5 heteroatoms. The van der Waals surface area contributed by atoms with Gasteiger partial charge in [-0.15, -0.1) is 0 Å². The Morgan fingerprint density at radius 2 is 2.06 bits per heavy atom. The van der Waals surface area contributed by atoms with E-state index >= 15 is 0 Å². The van der Waals surface area contributed by atoms with Crippen LogP contribution in [0.5, 0.6) is 0 Å². The predicted octanol–water partition coefficient (Wildman–Crippen LogP) is 1.15. The quantitative estimate of drug-likeness (QED) is 0.854. The fraction of sp³-hybridized carbons (Fsp3) is 0.583. The number of nitrogens with zero attached hydrogens (tertiary/aromatic N) is 3. The first-order chi connectivity index (χ1) is 8.31. The number of hydrogen-bond acceptors (Lipinski definition) is 4. The van der Waals surface area contributed by atoms with Gasteiger partial charge in [-0.1, -0.05) is 0 Å². The molecular formula is C12H19FN4. The molecule has 1 fully saturated rings. The van der Waals surface area contributed by atoms with Gasteiger partial charge in [-0.05, 0) is 18.6 Å². The Hall–Kier alpha value is -1.36. The van der Waals surface area contributed by atoms with Crippen molar-refractivity contribution in [1.82, 2.24) is 9.88 Å². The summed E-state index contributed by atoms with van der Waals surface area (Å²) in [6.07, 6.45) is 2.40.